The number of H-pyrrole nitrogens is 1. The Kier molecular flexibility index (Phi) is 5.02. The molecule has 1 aliphatic heterocycles. The smallest absolute Gasteiger partial charge is 0.227 e. The molecular formula is C24H23ClN4O2. The summed E-state index contributed by atoms with van der Waals surface area (Å²) in [6.45, 7) is 4.42. The lowest BCUT2D eigenvalue weighted by Crippen LogP contribution is -2.41. The lowest BCUT2D eigenvalue weighted by molar-refractivity contribution is -0.134. The van der Waals surface area contributed by atoms with Crippen molar-refractivity contribution in [3.63, 3.8) is 0 Å². The van der Waals surface area contributed by atoms with Crippen LogP contribution in [0.5, 0.6) is 0 Å². The lowest BCUT2D eigenvalue weighted by atomic mass is 9.83. The van der Waals surface area contributed by atoms with Gasteiger partial charge in [-0.25, -0.2) is 0 Å². The summed E-state index contributed by atoms with van der Waals surface area (Å²) in [5, 5.41) is 5.70. The molecule has 5 rings (SSSR count). The van der Waals surface area contributed by atoms with Gasteiger partial charge in [-0.1, -0.05) is 53.2 Å². The van der Waals surface area contributed by atoms with Gasteiger partial charge in [0.2, 0.25) is 11.8 Å². The Labute approximate surface area is 185 Å². The van der Waals surface area contributed by atoms with Gasteiger partial charge in [-0.15, -0.1) is 0 Å². The lowest BCUT2D eigenvalue weighted by Gasteiger charge is -2.38. The van der Waals surface area contributed by atoms with Crippen LogP contribution in [0.25, 0.3) is 10.9 Å². The zero-order valence-electron chi connectivity index (χ0n) is 17.4. The van der Waals surface area contributed by atoms with Crippen LogP contribution in [0.4, 0.5) is 0 Å². The number of aryl methyl sites for hydroxylation is 2. The Balaban J connectivity index is 1.53. The fourth-order valence-corrected chi connectivity index (χ4v) is 4.89. The number of benzene rings is 2. The van der Waals surface area contributed by atoms with Crippen LogP contribution in [0.15, 0.2) is 53.1 Å². The maximum atomic E-state index is 13.3. The molecule has 0 saturated heterocycles. The number of hydrogen-bond acceptors (Lipinski definition) is 4. The highest BCUT2D eigenvalue weighted by molar-refractivity contribution is 6.31. The molecule has 2 unspecified atom stereocenters. The van der Waals surface area contributed by atoms with Crippen molar-refractivity contribution in [3.05, 3.63) is 82.1 Å². The molecule has 1 N–H and O–H groups in total. The van der Waals surface area contributed by atoms with E-state index in [1.54, 1.807) is 6.92 Å². The average Bonchev–Trinajstić information content (AvgIpc) is 3.37. The Morgan fingerprint density at radius 2 is 2.00 bits per heavy atom. The van der Waals surface area contributed by atoms with Crippen molar-refractivity contribution < 1.29 is 9.32 Å². The molecule has 0 fully saturated rings. The first-order valence-corrected chi connectivity index (χ1v) is 10.8. The van der Waals surface area contributed by atoms with Crippen LogP contribution in [0.2, 0.25) is 5.02 Å². The van der Waals surface area contributed by atoms with Crippen LogP contribution < -0.4 is 0 Å². The van der Waals surface area contributed by atoms with Crippen molar-refractivity contribution in [3.8, 4) is 0 Å². The first-order valence-electron chi connectivity index (χ1n) is 10.5. The third-order valence-corrected chi connectivity index (χ3v) is 6.46. The topological polar surface area (TPSA) is 75.0 Å². The highest BCUT2D eigenvalue weighted by Gasteiger charge is 2.37. The SMILES string of the molecule is Cc1noc(CCC(=O)N2CC(c3ccccc3Cl)c3c([nH]c4ccccc34)C2C)n1. The maximum absolute atomic E-state index is 13.3. The minimum Gasteiger partial charge on any atom is -0.356 e. The minimum atomic E-state index is -0.0712. The van der Waals surface area contributed by atoms with Gasteiger partial charge in [0.15, 0.2) is 5.82 Å². The number of carbonyl (C=O) groups excluding carboxylic acids is 1. The van der Waals surface area contributed by atoms with Crippen molar-refractivity contribution in [1.82, 2.24) is 20.0 Å². The Morgan fingerprint density at radius 3 is 2.77 bits per heavy atom. The molecule has 6 nitrogen and oxygen atoms in total. The van der Waals surface area contributed by atoms with Crippen LogP contribution in [-0.4, -0.2) is 32.5 Å². The molecule has 4 aromatic rings. The molecule has 1 amide bonds. The van der Waals surface area contributed by atoms with E-state index in [2.05, 4.69) is 46.3 Å². The van der Waals surface area contributed by atoms with E-state index in [1.165, 1.54) is 10.9 Å². The van der Waals surface area contributed by atoms with E-state index in [1.807, 2.05) is 29.2 Å². The number of nitrogens with one attached hydrogen (secondary N) is 1. The minimum absolute atomic E-state index is 0.00866. The zero-order valence-corrected chi connectivity index (χ0v) is 18.2. The second-order valence-corrected chi connectivity index (χ2v) is 8.44. The van der Waals surface area contributed by atoms with E-state index in [0.717, 1.165) is 16.8 Å². The van der Waals surface area contributed by atoms with E-state index in [-0.39, 0.29) is 17.9 Å². The number of rotatable bonds is 4. The highest BCUT2D eigenvalue weighted by Crippen LogP contribution is 2.44. The van der Waals surface area contributed by atoms with Gasteiger partial charge in [0.25, 0.3) is 0 Å². The van der Waals surface area contributed by atoms with Gasteiger partial charge in [0.05, 0.1) is 6.04 Å². The van der Waals surface area contributed by atoms with E-state index >= 15 is 0 Å². The van der Waals surface area contributed by atoms with Crippen LogP contribution in [-0.2, 0) is 11.2 Å². The fraction of sp³-hybridized carbons (Fsp3) is 0.292. The molecule has 0 spiro atoms. The Bertz CT molecular complexity index is 1260. The molecule has 3 heterocycles. The summed E-state index contributed by atoms with van der Waals surface area (Å²) in [6, 6.07) is 16.1. The summed E-state index contributed by atoms with van der Waals surface area (Å²) < 4.78 is 5.18. The molecule has 0 aliphatic carbocycles. The molecule has 0 bridgehead atoms. The van der Waals surface area contributed by atoms with E-state index in [0.29, 0.717) is 36.1 Å². The molecule has 2 aromatic heterocycles. The van der Waals surface area contributed by atoms with Crippen LogP contribution in [0.1, 0.15) is 53.8 Å². The number of aromatic amines is 1. The van der Waals surface area contributed by atoms with Gasteiger partial charge in [0.1, 0.15) is 0 Å². The molecule has 0 saturated carbocycles. The first-order chi connectivity index (χ1) is 15.0. The normalized spacial score (nSPS) is 18.4. The van der Waals surface area contributed by atoms with Crippen molar-refractivity contribution >= 4 is 28.4 Å². The van der Waals surface area contributed by atoms with Crippen molar-refractivity contribution in [2.45, 2.75) is 38.6 Å². The number of hydrogen-bond donors (Lipinski definition) is 1. The number of para-hydroxylation sites is 1. The average molecular weight is 435 g/mol. The molecule has 31 heavy (non-hydrogen) atoms. The van der Waals surface area contributed by atoms with Gasteiger partial charge in [-0.3, -0.25) is 4.79 Å². The maximum Gasteiger partial charge on any atom is 0.227 e. The van der Waals surface area contributed by atoms with E-state index < -0.39 is 0 Å². The second kappa shape index (κ2) is 7.85. The molecule has 158 valence electrons. The van der Waals surface area contributed by atoms with Gasteiger partial charge in [0, 0.05) is 46.9 Å². The van der Waals surface area contributed by atoms with Gasteiger partial charge in [-0.2, -0.15) is 4.98 Å². The summed E-state index contributed by atoms with van der Waals surface area (Å²) in [5.74, 6) is 1.12. The van der Waals surface area contributed by atoms with E-state index in [9.17, 15) is 4.79 Å². The summed E-state index contributed by atoms with van der Waals surface area (Å²) in [7, 11) is 0. The summed E-state index contributed by atoms with van der Waals surface area (Å²) in [4.78, 5) is 23.0. The number of nitrogens with zero attached hydrogens (tertiary/aromatic N) is 3. The van der Waals surface area contributed by atoms with Crippen molar-refractivity contribution in [2.75, 3.05) is 6.54 Å². The molecule has 2 atom stereocenters. The van der Waals surface area contributed by atoms with Gasteiger partial charge >= 0.3 is 0 Å². The second-order valence-electron chi connectivity index (χ2n) is 8.03. The summed E-state index contributed by atoms with van der Waals surface area (Å²) in [5.41, 5.74) is 4.41. The fourth-order valence-electron chi connectivity index (χ4n) is 4.62. The monoisotopic (exact) mass is 434 g/mol. The number of fused-ring (bicyclic) bond motifs is 3. The number of aromatic nitrogens is 3. The van der Waals surface area contributed by atoms with Crippen LogP contribution in [0.3, 0.4) is 0 Å². The predicted octanol–water partition coefficient (Wildman–Crippen LogP) is 5.18. The standard InChI is InChI=1S/C24H23ClN4O2/c1-14-24-23(17-8-4-6-10-20(17)27-24)18(16-7-3-5-9-19(16)25)13-29(14)22(30)12-11-21-26-15(2)28-31-21/h3-10,14,18,27H,11-13H2,1-2H3. The summed E-state index contributed by atoms with van der Waals surface area (Å²) in [6.07, 6.45) is 0.746. The zero-order chi connectivity index (χ0) is 21.5. The van der Waals surface area contributed by atoms with Gasteiger partial charge in [-0.05, 0) is 37.1 Å². The van der Waals surface area contributed by atoms with E-state index in [4.69, 9.17) is 16.1 Å². The summed E-state index contributed by atoms with van der Waals surface area (Å²) >= 11 is 6.61. The quantitative estimate of drug-likeness (QED) is 0.480. The van der Waals surface area contributed by atoms with Crippen molar-refractivity contribution in [1.29, 1.82) is 0 Å². The van der Waals surface area contributed by atoms with Crippen LogP contribution >= 0.6 is 11.6 Å². The largest absolute Gasteiger partial charge is 0.356 e. The third-order valence-electron chi connectivity index (χ3n) is 6.11. The predicted molar refractivity (Wildman–Crippen MR) is 119 cm³/mol. The van der Waals surface area contributed by atoms with Crippen LogP contribution in [0, 0.1) is 6.92 Å². The molecular weight excluding hydrogens is 412 g/mol. The molecule has 1 aliphatic rings. The number of carbonyl (C=O) groups is 1. The molecule has 7 heteroatoms. The molecule has 2 aromatic carbocycles. The van der Waals surface area contributed by atoms with Crippen molar-refractivity contribution in [2.24, 2.45) is 0 Å². The van der Waals surface area contributed by atoms with Gasteiger partial charge < -0.3 is 14.4 Å². The highest BCUT2D eigenvalue weighted by atomic mass is 35.5. The molecule has 0 radical (unpaired) electrons. The third kappa shape index (κ3) is 3.51. The Hall–Kier alpha value is -3.12. The number of amides is 1. The number of halogens is 1. The first kappa shape index (κ1) is 19.8. The Morgan fingerprint density at radius 1 is 1.23 bits per heavy atom.